The Labute approximate surface area is 72.6 Å². The monoisotopic (exact) mass is 164 g/mol. The Bertz CT molecular complexity index is 275. The molecule has 0 saturated carbocycles. The Hall–Kier alpha value is -0.825. The van der Waals surface area contributed by atoms with Crippen LogP contribution >= 0.6 is 0 Å². The minimum Gasteiger partial charge on any atom is -0.388 e. The van der Waals surface area contributed by atoms with Gasteiger partial charge in [0, 0.05) is 0 Å². The van der Waals surface area contributed by atoms with Crippen molar-refractivity contribution in [3.8, 4) is 0 Å². The first-order valence-electron chi connectivity index (χ1n) is 3.88. The molecule has 1 rings (SSSR count). The van der Waals surface area contributed by atoms with Crippen LogP contribution < -0.4 is 5.46 Å². The summed E-state index contributed by atoms with van der Waals surface area (Å²) in [5.41, 5.74) is 0.906. The van der Waals surface area contributed by atoms with E-state index in [1.165, 1.54) is 18.2 Å². The first kappa shape index (κ1) is 9.26. The van der Waals surface area contributed by atoms with Crippen LogP contribution in [0.3, 0.4) is 0 Å². The zero-order chi connectivity index (χ0) is 9.14. The van der Waals surface area contributed by atoms with E-state index in [9.17, 15) is 9.50 Å². The first-order chi connectivity index (χ1) is 5.65. The Morgan fingerprint density at radius 2 is 2.25 bits per heavy atom. The molecule has 1 atom stereocenters. The normalized spacial score (nSPS) is 12.9. The second-order valence-electron chi connectivity index (χ2n) is 2.70. The molecule has 0 fully saturated rings. The first-order valence-corrected chi connectivity index (χ1v) is 3.88. The largest absolute Gasteiger partial charge is 0.388 e. The third-order valence-electron chi connectivity index (χ3n) is 1.79. The number of aliphatic hydroxyl groups excluding tert-OH is 1. The highest BCUT2D eigenvalue weighted by molar-refractivity contribution is 6.33. The van der Waals surface area contributed by atoms with E-state index in [-0.39, 0.29) is 5.82 Å². The van der Waals surface area contributed by atoms with Gasteiger partial charge in [0.05, 0.1) is 6.10 Å². The number of halogens is 1. The van der Waals surface area contributed by atoms with Crippen molar-refractivity contribution in [2.45, 2.75) is 19.4 Å². The van der Waals surface area contributed by atoms with Crippen LogP contribution in [0.2, 0.25) is 0 Å². The molecule has 0 aliphatic carbocycles. The molecule has 12 heavy (non-hydrogen) atoms. The lowest BCUT2D eigenvalue weighted by molar-refractivity contribution is 0.174. The van der Waals surface area contributed by atoms with E-state index in [1.807, 2.05) is 6.92 Å². The summed E-state index contributed by atoms with van der Waals surface area (Å²) in [4.78, 5) is 0. The highest BCUT2D eigenvalue weighted by Gasteiger charge is 2.07. The number of hydrogen-bond donors (Lipinski definition) is 1. The summed E-state index contributed by atoms with van der Waals surface area (Å²) in [6, 6.07) is 4.01. The van der Waals surface area contributed by atoms with E-state index in [1.54, 1.807) is 0 Å². The predicted molar refractivity (Wildman–Crippen MR) is 47.0 cm³/mol. The zero-order valence-corrected chi connectivity index (χ0v) is 6.92. The van der Waals surface area contributed by atoms with Crippen molar-refractivity contribution in [3.63, 3.8) is 0 Å². The Kier molecular flexibility index (Phi) is 2.87. The van der Waals surface area contributed by atoms with Crippen LogP contribution in [-0.4, -0.2) is 13.0 Å². The predicted octanol–water partition coefficient (Wildman–Crippen LogP) is 1.06. The molecule has 1 aromatic carbocycles. The molecule has 1 N–H and O–H groups in total. The van der Waals surface area contributed by atoms with Gasteiger partial charge in [0.15, 0.2) is 0 Å². The minimum absolute atomic E-state index is 0.369. The fourth-order valence-corrected chi connectivity index (χ4v) is 1.05. The highest BCUT2D eigenvalue weighted by Crippen LogP contribution is 2.14. The highest BCUT2D eigenvalue weighted by atomic mass is 19.1. The molecule has 0 unspecified atom stereocenters. The summed E-state index contributed by atoms with van der Waals surface area (Å²) in [6.45, 7) is 1.81. The van der Waals surface area contributed by atoms with Crippen molar-refractivity contribution in [1.29, 1.82) is 0 Å². The third-order valence-corrected chi connectivity index (χ3v) is 1.79. The van der Waals surface area contributed by atoms with Crippen LogP contribution in [0, 0.1) is 5.82 Å². The van der Waals surface area contributed by atoms with E-state index in [4.69, 9.17) is 7.85 Å². The van der Waals surface area contributed by atoms with Crippen LogP contribution in [-0.2, 0) is 0 Å². The topological polar surface area (TPSA) is 20.2 Å². The number of aliphatic hydroxyl groups is 1. The molecule has 1 aromatic rings. The van der Waals surface area contributed by atoms with Gasteiger partial charge in [-0.25, -0.2) is 4.39 Å². The lowest BCUT2D eigenvalue weighted by Gasteiger charge is -2.11. The average Bonchev–Trinajstić information content (AvgIpc) is 2.08. The second-order valence-corrected chi connectivity index (χ2v) is 2.70. The van der Waals surface area contributed by atoms with Gasteiger partial charge < -0.3 is 5.11 Å². The van der Waals surface area contributed by atoms with Gasteiger partial charge in [0.1, 0.15) is 13.7 Å². The maximum Gasteiger partial charge on any atom is 0.123 e. The van der Waals surface area contributed by atoms with Gasteiger partial charge in [0.2, 0.25) is 0 Å². The molecule has 0 bridgehead atoms. The van der Waals surface area contributed by atoms with E-state index < -0.39 is 6.10 Å². The maximum absolute atomic E-state index is 12.7. The van der Waals surface area contributed by atoms with Gasteiger partial charge in [-0.3, -0.25) is 0 Å². The molecule has 0 amide bonds. The van der Waals surface area contributed by atoms with Crippen molar-refractivity contribution in [2.75, 3.05) is 0 Å². The van der Waals surface area contributed by atoms with Gasteiger partial charge in [-0.15, -0.1) is 0 Å². The van der Waals surface area contributed by atoms with Gasteiger partial charge >= 0.3 is 0 Å². The third kappa shape index (κ3) is 1.86. The summed E-state index contributed by atoms with van der Waals surface area (Å²) in [6.07, 6.45) is -0.131. The Morgan fingerprint density at radius 3 is 2.83 bits per heavy atom. The van der Waals surface area contributed by atoms with Crippen LogP contribution in [0.5, 0.6) is 0 Å². The van der Waals surface area contributed by atoms with Crippen LogP contribution in [0.1, 0.15) is 25.0 Å². The van der Waals surface area contributed by atoms with Gasteiger partial charge in [-0.1, -0.05) is 18.5 Å². The van der Waals surface area contributed by atoms with Crippen molar-refractivity contribution < 1.29 is 9.50 Å². The van der Waals surface area contributed by atoms with E-state index in [2.05, 4.69) is 0 Å². The molecular weight excluding hydrogens is 154 g/mol. The molecule has 1 nitrogen and oxygen atoms in total. The molecule has 3 heteroatoms. The van der Waals surface area contributed by atoms with Gasteiger partial charge in [-0.05, 0) is 24.1 Å². The molecule has 0 aliphatic rings. The molecule has 0 saturated heterocycles. The van der Waals surface area contributed by atoms with Crippen LogP contribution in [0.15, 0.2) is 18.2 Å². The van der Waals surface area contributed by atoms with Crippen LogP contribution in [0.25, 0.3) is 0 Å². The summed E-state index contributed by atoms with van der Waals surface area (Å²) in [7, 11) is 5.54. The summed E-state index contributed by atoms with van der Waals surface area (Å²) < 4.78 is 12.7. The second kappa shape index (κ2) is 3.72. The molecule has 62 valence electrons. The fourth-order valence-electron chi connectivity index (χ4n) is 1.05. The van der Waals surface area contributed by atoms with Crippen molar-refractivity contribution >= 4 is 13.3 Å². The molecule has 2 radical (unpaired) electrons. The maximum atomic E-state index is 12.7. The molecule has 0 heterocycles. The summed E-state index contributed by atoms with van der Waals surface area (Å²) in [5, 5.41) is 9.39. The SMILES string of the molecule is [B]c1ccc(F)cc1[C@H](O)CC. The quantitative estimate of drug-likeness (QED) is 0.648. The van der Waals surface area contributed by atoms with Crippen molar-refractivity contribution in [1.82, 2.24) is 0 Å². The number of rotatable bonds is 2. The Morgan fingerprint density at radius 1 is 1.58 bits per heavy atom. The van der Waals surface area contributed by atoms with E-state index in [0.29, 0.717) is 17.4 Å². The van der Waals surface area contributed by atoms with Crippen molar-refractivity contribution in [2.24, 2.45) is 0 Å². The number of hydrogen-bond acceptors (Lipinski definition) is 1. The van der Waals surface area contributed by atoms with Crippen molar-refractivity contribution in [3.05, 3.63) is 29.6 Å². The Balaban J connectivity index is 3.04. The molecular formula is C9H10BFO. The zero-order valence-electron chi connectivity index (χ0n) is 6.92. The molecule has 0 spiro atoms. The fraction of sp³-hybridized carbons (Fsp3) is 0.333. The smallest absolute Gasteiger partial charge is 0.123 e. The molecule has 0 aromatic heterocycles. The molecule has 0 aliphatic heterocycles. The van der Waals surface area contributed by atoms with Crippen LogP contribution in [0.4, 0.5) is 4.39 Å². The number of benzene rings is 1. The standard InChI is InChI=1S/C9H10BFO/c1-2-9(12)7-5-6(11)3-4-8(7)10/h3-5,9,12H,2H2,1H3/t9-/m1/s1. The van der Waals surface area contributed by atoms with E-state index >= 15 is 0 Å². The van der Waals surface area contributed by atoms with E-state index in [0.717, 1.165) is 0 Å². The summed E-state index contributed by atoms with van der Waals surface area (Å²) in [5.74, 6) is -0.369. The van der Waals surface area contributed by atoms with Gasteiger partial charge in [0.25, 0.3) is 0 Å². The lowest BCUT2D eigenvalue weighted by Crippen LogP contribution is -2.14. The minimum atomic E-state index is -0.666. The van der Waals surface area contributed by atoms with Gasteiger partial charge in [-0.2, -0.15) is 0 Å². The average molecular weight is 164 g/mol. The lowest BCUT2D eigenvalue weighted by atomic mass is 9.87. The summed E-state index contributed by atoms with van der Waals surface area (Å²) >= 11 is 0.